The Morgan fingerprint density at radius 2 is 2.12 bits per heavy atom. The second-order valence-electron chi connectivity index (χ2n) is 8.26. The van der Waals surface area contributed by atoms with Crippen LogP contribution < -0.4 is 4.74 Å². The predicted octanol–water partition coefficient (Wildman–Crippen LogP) is 3.96. The number of rotatable bonds is 7. The zero-order valence-corrected chi connectivity index (χ0v) is 18.4. The van der Waals surface area contributed by atoms with Gasteiger partial charge in [-0.1, -0.05) is 17.3 Å². The first kappa shape index (κ1) is 20.2. The average Bonchev–Trinajstić information content (AvgIpc) is 3.47. The molecule has 1 aliphatic carbocycles. The molecule has 8 nitrogen and oxygen atoms in total. The predicted molar refractivity (Wildman–Crippen MR) is 118 cm³/mol. The lowest BCUT2D eigenvalue weighted by Gasteiger charge is -2.21. The summed E-state index contributed by atoms with van der Waals surface area (Å²) in [5, 5.41) is 10.5. The summed E-state index contributed by atoms with van der Waals surface area (Å²) in [7, 11) is 1.92. The molecule has 0 atom stereocenters. The fourth-order valence-electron chi connectivity index (χ4n) is 3.97. The van der Waals surface area contributed by atoms with E-state index in [1.807, 2.05) is 54.7 Å². The van der Waals surface area contributed by atoms with Crippen molar-refractivity contribution in [2.45, 2.75) is 45.9 Å². The molecular formula is C24H25N5O3. The number of pyridine rings is 1. The third-order valence-corrected chi connectivity index (χ3v) is 6.02. The molecule has 3 heterocycles. The molecule has 4 aromatic rings. The molecule has 0 aliphatic heterocycles. The summed E-state index contributed by atoms with van der Waals surface area (Å²) in [6.07, 6.45) is 5.55. The number of ether oxygens (including phenoxy) is 1. The first-order chi connectivity index (χ1) is 15.5. The standard InChI is InChI=1S/C24H25N5O3/c1-15-21(16(2)28(3)26-15)13-29(18-7-8-18)24(30)22-11-19(32-27-22)14-31-23-6-4-5-17-12-25-10-9-20(17)23/h4-6,9-12,18H,7-8,13-14H2,1-3H3. The maximum absolute atomic E-state index is 13.3. The summed E-state index contributed by atoms with van der Waals surface area (Å²) in [6, 6.07) is 9.63. The molecule has 5 rings (SSSR count). The normalized spacial score (nSPS) is 13.5. The molecule has 0 radical (unpaired) electrons. The van der Waals surface area contributed by atoms with Gasteiger partial charge in [0, 0.05) is 60.1 Å². The van der Waals surface area contributed by atoms with Crippen molar-refractivity contribution in [3.05, 3.63) is 71.1 Å². The van der Waals surface area contributed by atoms with Crippen LogP contribution in [0, 0.1) is 13.8 Å². The molecular weight excluding hydrogens is 406 g/mol. The molecule has 1 amide bonds. The number of fused-ring (bicyclic) bond motifs is 1. The fraction of sp³-hybridized carbons (Fsp3) is 0.333. The van der Waals surface area contributed by atoms with Crippen molar-refractivity contribution in [2.24, 2.45) is 7.05 Å². The highest BCUT2D eigenvalue weighted by Crippen LogP contribution is 2.31. The van der Waals surface area contributed by atoms with Crippen LogP contribution in [0.5, 0.6) is 5.75 Å². The van der Waals surface area contributed by atoms with E-state index in [-0.39, 0.29) is 18.6 Å². The zero-order valence-electron chi connectivity index (χ0n) is 18.4. The van der Waals surface area contributed by atoms with Gasteiger partial charge < -0.3 is 14.2 Å². The van der Waals surface area contributed by atoms with E-state index in [0.29, 0.717) is 18.0 Å². The summed E-state index contributed by atoms with van der Waals surface area (Å²) in [5.74, 6) is 1.11. The molecule has 0 spiro atoms. The van der Waals surface area contributed by atoms with Crippen molar-refractivity contribution in [1.82, 2.24) is 24.8 Å². The van der Waals surface area contributed by atoms with Crippen LogP contribution in [0.1, 0.15) is 46.0 Å². The first-order valence-electron chi connectivity index (χ1n) is 10.7. The molecule has 0 N–H and O–H groups in total. The van der Waals surface area contributed by atoms with Crippen molar-refractivity contribution < 1.29 is 14.1 Å². The summed E-state index contributed by atoms with van der Waals surface area (Å²) in [6.45, 7) is 4.72. The number of carbonyl (C=O) groups excluding carboxylic acids is 1. The molecule has 1 aromatic carbocycles. The van der Waals surface area contributed by atoms with E-state index >= 15 is 0 Å². The van der Waals surface area contributed by atoms with E-state index in [1.165, 1.54) is 0 Å². The van der Waals surface area contributed by atoms with E-state index in [0.717, 1.165) is 46.3 Å². The lowest BCUT2D eigenvalue weighted by Crippen LogP contribution is -2.33. The third kappa shape index (κ3) is 3.84. The molecule has 0 saturated heterocycles. The molecule has 0 bridgehead atoms. The molecule has 1 fully saturated rings. The molecule has 0 unspecified atom stereocenters. The average molecular weight is 431 g/mol. The number of hydrogen-bond donors (Lipinski definition) is 0. The van der Waals surface area contributed by atoms with Gasteiger partial charge in [-0.25, -0.2) is 0 Å². The summed E-state index contributed by atoms with van der Waals surface area (Å²) in [4.78, 5) is 19.3. The molecule has 3 aromatic heterocycles. The van der Waals surface area contributed by atoms with Crippen LogP contribution in [0.3, 0.4) is 0 Å². The minimum atomic E-state index is -0.124. The number of hydrogen-bond acceptors (Lipinski definition) is 6. The van der Waals surface area contributed by atoms with Crippen LogP contribution in [-0.4, -0.2) is 36.8 Å². The molecule has 8 heteroatoms. The number of amides is 1. The molecule has 1 saturated carbocycles. The fourth-order valence-corrected chi connectivity index (χ4v) is 3.97. The Morgan fingerprint density at radius 1 is 1.28 bits per heavy atom. The monoisotopic (exact) mass is 431 g/mol. The first-order valence-corrected chi connectivity index (χ1v) is 10.7. The molecule has 32 heavy (non-hydrogen) atoms. The second-order valence-corrected chi connectivity index (χ2v) is 8.26. The van der Waals surface area contributed by atoms with Gasteiger partial charge in [-0.2, -0.15) is 5.10 Å². The number of aryl methyl sites for hydroxylation is 2. The minimum absolute atomic E-state index is 0.124. The van der Waals surface area contributed by atoms with E-state index in [1.54, 1.807) is 18.5 Å². The van der Waals surface area contributed by atoms with Gasteiger partial charge in [-0.15, -0.1) is 0 Å². The third-order valence-electron chi connectivity index (χ3n) is 6.02. The highest BCUT2D eigenvalue weighted by molar-refractivity contribution is 5.92. The SMILES string of the molecule is Cc1nn(C)c(C)c1CN(C(=O)c1cc(COc2cccc3cnccc23)on1)C1CC1. The topological polar surface area (TPSA) is 86.3 Å². The summed E-state index contributed by atoms with van der Waals surface area (Å²) in [5.41, 5.74) is 3.41. The smallest absolute Gasteiger partial charge is 0.276 e. The van der Waals surface area contributed by atoms with Crippen molar-refractivity contribution in [2.75, 3.05) is 0 Å². The largest absolute Gasteiger partial charge is 0.485 e. The zero-order chi connectivity index (χ0) is 22.2. The van der Waals surface area contributed by atoms with Crippen LogP contribution in [0.15, 0.2) is 47.2 Å². The Hall–Kier alpha value is -3.68. The lowest BCUT2D eigenvalue weighted by atomic mass is 10.1. The van der Waals surface area contributed by atoms with Gasteiger partial charge in [0.25, 0.3) is 5.91 Å². The van der Waals surface area contributed by atoms with Gasteiger partial charge in [-0.05, 0) is 38.8 Å². The van der Waals surface area contributed by atoms with Crippen LogP contribution in [0.4, 0.5) is 0 Å². The van der Waals surface area contributed by atoms with Gasteiger partial charge >= 0.3 is 0 Å². The van der Waals surface area contributed by atoms with Crippen LogP contribution in [-0.2, 0) is 20.2 Å². The molecule has 1 aliphatic rings. The Morgan fingerprint density at radius 3 is 2.88 bits per heavy atom. The maximum atomic E-state index is 13.3. The van der Waals surface area contributed by atoms with Gasteiger partial charge in [0.1, 0.15) is 12.4 Å². The van der Waals surface area contributed by atoms with Crippen molar-refractivity contribution in [1.29, 1.82) is 0 Å². The van der Waals surface area contributed by atoms with Crippen LogP contribution >= 0.6 is 0 Å². The van der Waals surface area contributed by atoms with Crippen molar-refractivity contribution >= 4 is 16.7 Å². The Bertz CT molecular complexity index is 1280. The minimum Gasteiger partial charge on any atom is -0.485 e. The van der Waals surface area contributed by atoms with Gasteiger partial charge in [0.2, 0.25) is 0 Å². The van der Waals surface area contributed by atoms with Gasteiger partial charge in [0.15, 0.2) is 11.5 Å². The van der Waals surface area contributed by atoms with Crippen LogP contribution in [0.25, 0.3) is 10.8 Å². The summed E-state index contributed by atoms with van der Waals surface area (Å²) < 4.78 is 13.2. The Labute approximate surface area is 185 Å². The van der Waals surface area contributed by atoms with Gasteiger partial charge in [-0.3, -0.25) is 14.5 Å². The second kappa shape index (κ2) is 8.11. The van der Waals surface area contributed by atoms with E-state index < -0.39 is 0 Å². The van der Waals surface area contributed by atoms with Crippen LogP contribution in [0.2, 0.25) is 0 Å². The van der Waals surface area contributed by atoms with Crippen molar-refractivity contribution in [3.8, 4) is 5.75 Å². The summed E-state index contributed by atoms with van der Waals surface area (Å²) >= 11 is 0. The van der Waals surface area contributed by atoms with E-state index in [4.69, 9.17) is 9.26 Å². The Balaban J connectivity index is 1.31. The van der Waals surface area contributed by atoms with Crippen molar-refractivity contribution in [3.63, 3.8) is 0 Å². The maximum Gasteiger partial charge on any atom is 0.276 e. The number of carbonyl (C=O) groups is 1. The highest BCUT2D eigenvalue weighted by Gasteiger charge is 2.35. The number of benzene rings is 1. The highest BCUT2D eigenvalue weighted by atomic mass is 16.5. The number of aromatic nitrogens is 4. The quantitative estimate of drug-likeness (QED) is 0.440. The number of nitrogens with zero attached hydrogens (tertiary/aromatic N) is 5. The Kier molecular flexibility index (Phi) is 5.13. The molecule has 164 valence electrons. The van der Waals surface area contributed by atoms with E-state index in [2.05, 4.69) is 15.2 Å². The van der Waals surface area contributed by atoms with Gasteiger partial charge in [0.05, 0.1) is 5.69 Å². The van der Waals surface area contributed by atoms with E-state index in [9.17, 15) is 4.79 Å². The lowest BCUT2D eigenvalue weighted by molar-refractivity contribution is 0.0718.